The first-order valence-corrected chi connectivity index (χ1v) is 6.69. The van der Waals surface area contributed by atoms with Crippen molar-refractivity contribution in [3.05, 3.63) is 44.4 Å². The van der Waals surface area contributed by atoms with Crippen molar-refractivity contribution < 1.29 is 0 Å². The number of rotatable bonds is 3. The molecule has 1 N–H and O–H groups in total. The summed E-state index contributed by atoms with van der Waals surface area (Å²) in [4.78, 5) is 5.78. The number of benzene rings is 1. The molecule has 0 spiro atoms. The van der Waals surface area contributed by atoms with Gasteiger partial charge in [0, 0.05) is 15.6 Å². The van der Waals surface area contributed by atoms with Crippen molar-refractivity contribution in [1.29, 1.82) is 0 Å². The zero-order valence-corrected chi connectivity index (χ0v) is 11.7. The molecule has 0 aliphatic heterocycles. The van der Waals surface area contributed by atoms with Gasteiger partial charge in [-0.1, -0.05) is 17.7 Å². The normalized spacial score (nSPS) is 10.6. The number of anilines is 1. The Hall–Kier alpha value is -1.06. The maximum Gasteiger partial charge on any atom is 0.112 e. The second-order valence-corrected chi connectivity index (χ2v) is 5.71. The Morgan fingerprint density at radius 3 is 2.71 bits per heavy atom. The fraction of sp³-hybridized carbons (Fsp3) is 0.308. The number of thiazole rings is 1. The summed E-state index contributed by atoms with van der Waals surface area (Å²) in [6.45, 7) is 6.91. The number of hydrogen-bond acceptors (Lipinski definition) is 3. The highest BCUT2D eigenvalue weighted by Gasteiger charge is 2.05. The summed E-state index contributed by atoms with van der Waals surface area (Å²) in [7, 11) is 0. The Morgan fingerprint density at radius 1 is 1.29 bits per heavy atom. The van der Waals surface area contributed by atoms with Crippen LogP contribution < -0.4 is 5.32 Å². The quantitative estimate of drug-likeness (QED) is 0.894. The molecule has 0 atom stereocenters. The van der Waals surface area contributed by atoms with Gasteiger partial charge >= 0.3 is 0 Å². The minimum Gasteiger partial charge on any atom is -0.378 e. The molecule has 90 valence electrons. The lowest BCUT2D eigenvalue weighted by Crippen LogP contribution is -2.00. The number of halogens is 1. The molecular weight excluding hydrogens is 252 g/mol. The third-order valence-corrected chi connectivity index (χ3v) is 4.25. The van der Waals surface area contributed by atoms with Crippen LogP contribution in [0.25, 0.3) is 0 Å². The van der Waals surface area contributed by atoms with Crippen molar-refractivity contribution in [2.24, 2.45) is 0 Å². The number of aryl methyl sites for hydroxylation is 2. The van der Waals surface area contributed by atoms with E-state index < -0.39 is 0 Å². The van der Waals surface area contributed by atoms with Gasteiger partial charge in [0.1, 0.15) is 5.01 Å². The van der Waals surface area contributed by atoms with E-state index >= 15 is 0 Å². The highest BCUT2D eigenvalue weighted by molar-refractivity contribution is 7.11. The van der Waals surface area contributed by atoms with E-state index in [1.54, 1.807) is 11.3 Å². The van der Waals surface area contributed by atoms with Gasteiger partial charge in [-0.15, -0.1) is 11.3 Å². The van der Waals surface area contributed by atoms with Gasteiger partial charge < -0.3 is 5.32 Å². The fourth-order valence-electron chi connectivity index (χ4n) is 1.58. The van der Waals surface area contributed by atoms with Crippen LogP contribution in [-0.2, 0) is 6.54 Å². The van der Waals surface area contributed by atoms with Crippen LogP contribution in [0.4, 0.5) is 5.69 Å². The maximum absolute atomic E-state index is 6.07. The molecule has 0 amide bonds. The molecule has 1 aromatic carbocycles. The van der Waals surface area contributed by atoms with Crippen molar-refractivity contribution in [2.45, 2.75) is 27.3 Å². The summed E-state index contributed by atoms with van der Waals surface area (Å²) in [6.07, 6.45) is 0. The van der Waals surface area contributed by atoms with Gasteiger partial charge in [0.05, 0.1) is 12.2 Å². The standard InChI is InChI=1S/C13H15ClN2S/c1-8-11(14)5-4-6-12(8)15-7-13-16-9(2)10(3)17-13/h4-6,15H,7H2,1-3H3. The summed E-state index contributed by atoms with van der Waals surface area (Å²) < 4.78 is 0. The van der Waals surface area contributed by atoms with Crippen LogP contribution in [0.15, 0.2) is 18.2 Å². The summed E-state index contributed by atoms with van der Waals surface area (Å²) in [5.41, 5.74) is 3.27. The maximum atomic E-state index is 6.07. The topological polar surface area (TPSA) is 24.9 Å². The molecule has 0 radical (unpaired) electrons. The van der Waals surface area contributed by atoms with E-state index in [2.05, 4.69) is 17.2 Å². The average molecular weight is 267 g/mol. The number of nitrogens with one attached hydrogen (secondary N) is 1. The number of aromatic nitrogens is 1. The summed E-state index contributed by atoms with van der Waals surface area (Å²) >= 11 is 7.81. The van der Waals surface area contributed by atoms with E-state index in [1.807, 2.05) is 32.0 Å². The molecule has 4 heteroatoms. The first kappa shape index (κ1) is 12.4. The Labute approximate surface area is 111 Å². The van der Waals surface area contributed by atoms with Crippen LogP contribution in [0.5, 0.6) is 0 Å². The summed E-state index contributed by atoms with van der Waals surface area (Å²) in [5.74, 6) is 0. The van der Waals surface area contributed by atoms with Crippen LogP contribution in [0.2, 0.25) is 5.02 Å². The van der Waals surface area contributed by atoms with Crippen LogP contribution in [0.1, 0.15) is 21.1 Å². The molecule has 0 fully saturated rings. The van der Waals surface area contributed by atoms with E-state index in [4.69, 9.17) is 11.6 Å². The minimum absolute atomic E-state index is 0.751. The fourth-order valence-corrected chi connectivity index (χ4v) is 2.63. The molecule has 2 aromatic rings. The molecule has 0 bridgehead atoms. The molecule has 0 aliphatic rings. The predicted octanol–water partition coefficient (Wildman–Crippen LogP) is 4.33. The van der Waals surface area contributed by atoms with Gasteiger partial charge in [-0.3, -0.25) is 0 Å². The number of nitrogens with zero attached hydrogens (tertiary/aromatic N) is 1. The second kappa shape index (κ2) is 5.07. The first-order valence-electron chi connectivity index (χ1n) is 5.50. The van der Waals surface area contributed by atoms with E-state index in [0.717, 1.165) is 33.5 Å². The third-order valence-electron chi connectivity index (χ3n) is 2.77. The molecule has 2 nitrogen and oxygen atoms in total. The summed E-state index contributed by atoms with van der Waals surface area (Å²) in [6, 6.07) is 5.89. The average Bonchev–Trinajstić information content (AvgIpc) is 2.61. The largest absolute Gasteiger partial charge is 0.378 e. The van der Waals surface area contributed by atoms with Crippen molar-refractivity contribution in [3.63, 3.8) is 0 Å². The van der Waals surface area contributed by atoms with Gasteiger partial charge in [-0.05, 0) is 38.5 Å². The molecular formula is C13H15ClN2S. The lowest BCUT2D eigenvalue weighted by atomic mass is 10.2. The predicted molar refractivity (Wildman–Crippen MR) is 75.1 cm³/mol. The Kier molecular flexibility index (Phi) is 3.69. The van der Waals surface area contributed by atoms with Gasteiger partial charge in [0.2, 0.25) is 0 Å². The molecule has 0 unspecified atom stereocenters. The van der Waals surface area contributed by atoms with Gasteiger partial charge in [0.25, 0.3) is 0 Å². The highest BCUT2D eigenvalue weighted by Crippen LogP contribution is 2.24. The molecule has 17 heavy (non-hydrogen) atoms. The van der Waals surface area contributed by atoms with E-state index in [1.165, 1.54) is 4.88 Å². The van der Waals surface area contributed by atoms with Gasteiger partial charge in [-0.25, -0.2) is 4.98 Å². The molecule has 0 saturated heterocycles. The second-order valence-electron chi connectivity index (χ2n) is 4.02. The van der Waals surface area contributed by atoms with Crippen LogP contribution in [-0.4, -0.2) is 4.98 Å². The third kappa shape index (κ3) is 2.79. The molecule has 0 saturated carbocycles. The SMILES string of the molecule is Cc1nc(CNc2cccc(Cl)c2C)sc1C. The van der Waals surface area contributed by atoms with Crippen LogP contribution in [0.3, 0.4) is 0 Å². The van der Waals surface area contributed by atoms with E-state index in [0.29, 0.717) is 0 Å². The van der Waals surface area contributed by atoms with Crippen molar-refractivity contribution in [2.75, 3.05) is 5.32 Å². The Bertz CT molecular complexity index is 515. The van der Waals surface area contributed by atoms with Gasteiger partial charge in [0.15, 0.2) is 0 Å². The Morgan fingerprint density at radius 2 is 2.06 bits per heavy atom. The van der Waals surface area contributed by atoms with Gasteiger partial charge in [-0.2, -0.15) is 0 Å². The minimum atomic E-state index is 0.751. The summed E-state index contributed by atoms with van der Waals surface area (Å²) in [5, 5.41) is 5.28. The Balaban J connectivity index is 2.10. The van der Waals surface area contributed by atoms with Crippen LogP contribution >= 0.6 is 22.9 Å². The van der Waals surface area contributed by atoms with E-state index in [-0.39, 0.29) is 0 Å². The molecule has 0 aliphatic carbocycles. The molecule has 1 aromatic heterocycles. The van der Waals surface area contributed by atoms with Crippen molar-refractivity contribution in [3.8, 4) is 0 Å². The van der Waals surface area contributed by atoms with E-state index in [9.17, 15) is 0 Å². The first-order chi connectivity index (χ1) is 8.08. The smallest absolute Gasteiger partial charge is 0.112 e. The monoisotopic (exact) mass is 266 g/mol. The lowest BCUT2D eigenvalue weighted by Gasteiger charge is -2.08. The van der Waals surface area contributed by atoms with Crippen molar-refractivity contribution in [1.82, 2.24) is 4.98 Å². The zero-order valence-electron chi connectivity index (χ0n) is 10.2. The van der Waals surface area contributed by atoms with Crippen LogP contribution in [0, 0.1) is 20.8 Å². The molecule has 1 heterocycles. The molecule has 2 rings (SSSR count). The highest BCUT2D eigenvalue weighted by atomic mass is 35.5. The number of hydrogen-bond donors (Lipinski definition) is 1. The lowest BCUT2D eigenvalue weighted by molar-refractivity contribution is 1.07. The van der Waals surface area contributed by atoms with Crippen molar-refractivity contribution >= 4 is 28.6 Å². The zero-order chi connectivity index (χ0) is 12.4.